The van der Waals surface area contributed by atoms with E-state index in [0.717, 1.165) is 44.8 Å². The van der Waals surface area contributed by atoms with Crippen molar-refractivity contribution in [1.29, 1.82) is 0 Å². The molecule has 6 nitrogen and oxygen atoms in total. The molecule has 0 unspecified atom stereocenters. The molecule has 1 spiro atoms. The van der Waals surface area contributed by atoms with Crippen molar-refractivity contribution in [2.75, 3.05) is 6.54 Å². The van der Waals surface area contributed by atoms with Crippen molar-refractivity contribution >= 4 is 40.0 Å². The van der Waals surface area contributed by atoms with Gasteiger partial charge in [-0.25, -0.2) is 4.79 Å². The molecule has 1 aliphatic heterocycles. The summed E-state index contributed by atoms with van der Waals surface area (Å²) in [6.45, 7) is 1.58. The first kappa shape index (κ1) is 17.2. The number of ketones is 1. The summed E-state index contributed by atoms with van der Waals surface area (Å²) in [7, 11) is 0. The lowest BCUT2D eigenvalue weighted by molar-refractivity contribution is -0.131. The second-order valence-corrected chi connectivity index (χ2v) is 8.43. The summed E-state index contributed by atoms with van der Waals surface area (Å²) in [5, 5.41) is 5.67. The van der Waals surface area contributed by atoms with Gasteiger partial charge in [0.1, 0.15) is 5.54 Å². The van der Waals surface area contributed by atoms with Crippen molar-refractivity contribution in [3.05, 3.63) is 57.4 Å². The van der Waals surface area contributed by atoms with E-state index in [0.29, 0.717) is 12.0 Å². The summed E-state index contributed by atoms with van der Waals surface area (Å²) < 4.78 is 0. The first-order valence-electron chi connectivity index (χ1n) is 9.33. The minimum atomic E-state index is -1.01. The number of thiophene rings is 1. The normalized spacial score (nSPS) is 21.4. The van der Waals surface area contributed by atoms with E-state index >= 15 is 0 Å². The number of amides is 3. The smallest absolute Gasteiger partial charge is 0.325 e. The van der Waals surface area contributed by atoms with E-state index in [9.17, 15) is 14.4 Å². The highest BCUT2D eigenvalue weighted by molar-refractivity contribution is 7.10. The number of nitrogens with one attached hydrogen (secondary N) is 2. The molecule has 1 aliphatic carbocycles. The van der Waals surface area contributed by atoms with Crippen molar-refractivity contribution in [2.24, 2.45) is 0 Å². The fourth-order valence-electron chi connectivity index (χ4n) is 4.54. The standard InChI is InChI=1S/C21H19N3O3S/c1-12-18(13-5-2-3-6-15(13)22-12)16(25)11-24-19(26)21(23-20(24)27)9-4-7-17-14(21)8-10-28-17/h2-3,5-6,8,10,22H,4,7,9,11H2,1H3,(H,23,27)/t21-/m1/s1. The molecule has 2 N–H and O–H groups in total. The molecular formula is C21H19N3O3S. The van der Waals surface area contributed by atoms with Crippen LogP contribution in [-0.2, 0) is 16.8 Å². The van der Waals surface area contributed by atoms with E-state index in [1.807, 2.05) is 42.6 Å². The predicted molar refractivity (Wildman–Crippen MR) is 107 cm³/mol. The summed E-state index contributed by atoms with van der Waals surface area (Å²) >= 11 is 1.61. The van der Waals surface area contributed by atoms with Crippen LogP contribution in [0.25, 0.3) is 10.9 Å². The van der Waals surface area contributed by atoms with E-state index in [2.05, 4.69) is 10.3 Å². The van der Waals surface area contributed by atoms with Crippen LogP contribution in [0.4, 0.5) is 4.79 Å². The number of hydrogen-bond donors (Lipinski definition) is 2. The minimum absolute atomic E-state index is 0.239. The average molecular weight is 393 g/mol. The van der Waals surface area contributed by atoms with E-state index in [4.69, 9.17) is 0 Å². The van der Waals surface area contributed by atoms with Gasteiger partial charge in [0, 0.05) is 32.6 Å². The molecule has 7 heteroatoms. The predicted octanol–water partition coefficient (Wildman–Crippen LogP) is 3.50. The molecule has 1 saturated heterocycles. The third-order valence-electron chi connectivity index (χ3n) is 5.81. The topological polar surface area (TPSA) is 82.3 Å². The summed E-state index contributed by atoms with van der Waals surface area (Å²) in [5.74, 6) is -0.556. The number of hydrogen-bond acceptors (Lipinski definition) is 4. The largest absolute Gasteiger partial charge is 0.358 e. The summed E-state index contributed by atoms with van der Waals surface area (Å²) in [5.41, 5.74) is 2.02. The summed E-state index contributed by atoms with van der Waals surface area (Å²) in [6.07, 6.45) is 2.33. The Morgan fingerprint density at radius 1 is 1.25 bits per heavy atom. The number of Topliss-reactive ketones (excluding diaryl/α,β-unsaturated/α-hetero) is 1. The van der Waals surface area contributed by atoms with E-state index in [-0.39, 0.29) is 18.2 Å². The van der Waals surface area contributed by atoms with Crippen LogP contribution < -0.4 is 5.32 Å². The molecule has 0 radical (unpaired) electrons. The number of carbonyl (C=O) groups is 3. The van der Waals surface area contributed by atoms with E-state index in [1.165, 1.54) is 0 Å². The van der Waals surface area contributed by atoms with Gasteiger partial charge in [0.05, 0.1) is 6.54 Å². The first-order valence-corrected chi connectivity index (χ1v) is 10.2. The van der Waals surface area contributed by atoms with Crippen molar-refractivity contribution in [2.45, 2.75) is 31.7 Å². The van der Waals surface area contributed by atoms with Crippen LogP contribution in [0.2, 0.25) is 0 Å². The van der Waals surface area contributed by atoms with Gasteiger partial charge in [-0.3, -0.25) is 14.5 Å². The number of aryl methyl sites for hydroxylation is 2. The second-order valence-electron chi connectivity index (χ2n) is 7.43. The van der Waals surface area contributed by atoms with Crippen LogP contribution >= 0.6 is 11.3 Å². The lowest BCUT2D eigenvalue weighted by Gasteiger charge is -2.31. The van der Waals surface area contributed by atoms with Crippen LogP contribution in [0.5, 0.6) is 0 Å². The van der Waals surface area contributed by atoms with Gasteiger partial charge in [-0.2, -0.15) is 0 Å². The van der Waals surface area contributed by atoms with Gasteiger partial charge in [0.2, 0.25) is 0 Å². The van der Waals surface area contributed by atoms with Crippen LogP contribution in [-0.4, -0.2) is 34.2 Å². The molecule has 3 amide bonds. The molecule has 0 bridgehead atoms. The average Bonchev–Trinajstić information content (AvgIpc) is 3.34. The van der Waals surface area contributed by atoms with Crippen molar-refractivity contribution in [1.82, 2.24) is 15.2 Å². The van der Waals surface area contributed by atoms with Crippen molar-refractivity contribution < 1.29 is 14.4 Å². The summed E-state index contributed by atoms with van der Waals surface area (Å²) in [6, 6.07) is 8.98. The molecule has 3 heterocycles. The van der Waals surface area contributed by atoms with Gasteiger partial charge < -0.3 is 10.3 Å². The maximum Gasteiger partial charge on any atom is 0.325 e. The highest BCUT2D eigenvalue weighted by Gasteiger charge is 2.54. The van der Waals surface area contributed by atoms with Gasteiger partial charge in [0.25, 0.3) is 5.91 Å². The molecule has 142 valence electrons. The molecule has 28 heavy (non-hydrogen) atoms. The van der Waals surface area contributed by atoms with Gasteiger partial charge in [-0.1, -0.05) is 18.2 Å². The highest BCUT2D eigenvalue weighted by Crippen LogP contribution is 2.42. The van der Waals surface area contributed by atoms with Gasteiger partial charge in [-0.15, -0.1) is 11.3 Å². The Labute approximate surface area is 165 Å². The number of para-hydroxylation sites is 1. The van der Waals surface area contributed by atoms with Crippen LogP contribution in [0.1, 0.15) is 39.3 Å². The lowest BCUT2D eigenvalue weighted by atomic mass is 9.80. The van der Waals surface area contributed by atoms with Crippen molar-refractivity contribution in [3.63, 3.8) is 0 Å². The zero-order valence-electron chi connectivity index (χ0n) is 15.4. The highest BCUT2D eigenvalue weighted by atomic mass is 32.1. The molecular weight excluding hydrogens is 374 g/mol. The first-order chi connectivity index (χ1) is 13.5. The molecule has 3 aromatic rings. The van der Waals surface area contributed by atoms with Crippen LogP contribution in [0, 0.1) is 6.92 Å². The SMILES string of the molecule is Cc1[nH]c2ccccc2c1C(=O)CN1C(=O)N[C@@]2(CCCc3sccc32)C1=O. The Morgan fingerprint density at radius 2 is 2.07 bits per heavy atom. The number of rotatable bonds is 3. The van der Waals surface area contributed by atoms with Gasteiger partial charge in [-0.05, 0) is 43.7 Å². The molecule has 1 fully saturated rings. The molecule has 2 aromatic heterocycles. The van der Waals surface area contributed by atoms with Gasteiger partial charge >= 0.3 is 6.03 Å². The number of nitrogens with zero attached hydrogens (tertiary/aromatic N) is 1. The zero-order chi connectivity index (χ0) is 19.5. The van der Waals surface area contributed by atoms with Crippen molar-refractivity contribution in [3.8, 4) is 0 Å². The Hall–Kier alpha value is -2.93. The third kappa shape index (κ3) is 2.29. The molecule has 0 saturated carbocycles. The fourth-order valence-corrected chi connectivity index (χ4v) is 5.54. The van der Waals surface area contributed by atoms with Crippen LogP contribution in [0.3, 0.4) is 0 Å². The zero-order valence-corrected chi connectivity index (χ0v) is 16.2. The number of aromatic amines is 1. The molecule has 2 aliphatic rings. The molecule has 1 atom stereocenters. The van der Waals surface area contributed by atoms with Gasteiger partial charge in [0.15, 0.2) is 5.78 Å². The number of H-pyrrole nitrogens is 1. The minimum Gasteiger partial charge on any atom is -0.358 e. The summed E-state index contributed by atoms with van der Waals surface area (Å²) in [4.78, 5) is 44.5. The molecule has 5 rings (SSSR count). The number of benzene rings is 1. The Balaban J connectivity index is 1.48. The Bertz CT molecular complexity index is 1140. The number of aromatic nitrogens is 1. The fraction of sp³-hybridized carbons (Fsp3) is 0.286. The lowest BCUT2D eigenvalue weighted by Crippen LogP contribution is -2.46. The number of fused-ring (bicyclic) bond motifs is 3. The number of urea groups is 1. The quantitative estimate of drug-likeness (QED) is 0.528. The number of imide groups is 1. The Kier molecular flexibility index (Phi) is 3.71. The monoisotopic (exact) mass is 393 g/mol. The molecule has 1 aromatic carbocycles. The second kappa shape index (κ2) is 6.04. The van der Waals surface area contributed by atoms with Crippen LogP contribution in [0.15, 0.2) is 35.7 Å². The van der Waals surface area contributed by atoms with E-state index in [1.54, 1.807) is 11.3 Å². The number of carbonyl (C=O) groups excluding carboxylic acids is 3. The maximum absolute atomic E-state index is 13.3. The third-order valence-corrected chi connectivity index (χ3v) is 6.79. The maximum atomic E-state index is 13.3. The Morgan fingerprint density at radius 3 is 2.93 bits per heavy atom. The van der Waals surface area contributed by atoms with E-state index < -0.39 is 11.6 Å².